The van der Waals surface area contributed by atoms with Crippen LogP contribution >= 0.6 is 0 Å². The van der Waals surface area contributed by atoms with Gasteiger partial charge in [-0.2, -0.15) is 5.26 Å². The Hall–Kier alpha value is -3.03. The maximum atomic E-state index is 8.82. The van der Waals surface area contributed by atoms with E-state index in [1.165, 1.54) is 16.7 Å². The van der Waals surface area contributed by atoms with Crippen LogP contribution in [0, 0.1) is 17.2 Å². The molecule has 0 aliphatic heterocycles. The maximum absolute atomic E-state index is 8.82. The second kappa shape index (κ2) is 19.1. The largest absolute Gasteiger partial charge is 0.306 e. The Morgan fingerprint density at radius 1 is 1.24 bits per heavy atom. The Morgan fingerprint density at radius 2 is 2.03 bits per heavy atom. The molecule has 0 aliphatic carbocycles. The Kier molecular flexibility index (Phi) is 16.5. The lowest BCUT2D eigenvalue weighted by atomic mass is 9.96. The molecule has 0 amide bonds. The molecule has 200 valence electrons. The maximum Gasteiger partial charge on any atom is 0.0808 e. The van der Waals surface area contributed by atoms with Crippen molar-refractivity contribution in [3.05, 3.63) is 89.8 Å². The van der Waals surface area contributed by atoms with Crippen LogP contribution in [0.4, 0.5) is 0 Å². The average molecular weight is 501 g/mol. The number of pyridine rings is 1. The minimum atomic E-state index is 0.163. The van der Waals surface area contributed by atoms with Gasteiger partial charge in [0.05, 0.1) is 24.2 Å². The van der Waals surface area contributed by atoms with E-state index in [-0.39, 0.29) is 6.04 Å². The van der Waals surface area contributed by atoms with Crippen LogP contribution in [0.1, 0.15) is 77.5 Å². The molecule has 1 rings (SSSR count). The van der Waals surface area contributed by atoms with Gasteiger partial charge in [-0.15, -0.1) is 6.58 Å². The third kappa shape index (κ3) is 13.7. The van der Waals surface area contributed by atoms with Gasteiger partial charge in [0, 0.05) is 19.0 Å². The van der Waals surface area contributed by atoms with Gasteiger partial charge in [-0.05, 0) is 89.1 Å². The number of nitrogens with zero attached hydrogens (tertiary/aromatic N) is 4. The van der Waals surface area contributed by atoms with Gasteiger partial charge in [0.1, 0.15) is 0 Å². The normalized spacial score (nSPS) is 14.3. The molecule has 1 heterocycles. The van der Waals surface area contributed by atoms with Gasteiger partial charge in [-0.25, -0.2) is 0 Å². The molecule has 0 bridgehead atoms. The zero-order valence-electron chi connectivity index (χ0n) is 23.9. The van der Waals surface area contributed by atoms with Crippen molar-refractivity contribution in [3.8, 4) is 6.07 Å². The first-order chi connectivity index (χ1) is 17.8. The highest BCUT2D eigenvalue weighted by molar-refractivity contribution is 5.77. The third-order valence-corrected chi connectivity index (χ3v) is 6.59. The predicted molar refractivity (Wildman–Crippen MR) is 161 cm³/mol. The summed E-state index contributed by atoms with van der Waals surface area (Å²) in [4.78, 5) is 11.6. The van der Waals surface area contributed by atoms with Crippen molar-refractivity contribution in [2.75, 3.05) is 20.1 Å². The molecule has 1 unspecified atom stereocenters. The highest BCUT2D eigenvalue weighted by Gasteiger charge is 2.17. The van der Waals surface area contributed by atoms with E-state index in [9.17, 15) is 0 Å². The quantitative estimate of drug-likeness (QED) is 0.116. The van der Waals surface area contributed by atoms with Crippen molar-refractivity contribution in [1.29, 1.82) is 5.26 Å². The number of rotatable bonds is 18. The average Bonchev–Trinajstić information content (AvgIpc) is 2.89. The zero-order valence-corrected chi connectivity index (χ0v) is 23.9. The summed E-state index contributed by atoms with van der Waals surface area (Å²) in [6.45, 7) is 18.8. The first-order valence-electron chi connectivity index (χ1n) is 13.7. The number of hydrogen-bond acceptors (Lipinski definition) is 4. The van der Waals surface area contributed by atoms with Crippen molar-refractivity contribution < 1.29 is 0 Å². The van der Waals surface area contributed by atoms with Crippen LogP contribution < -0.4 is 0 Å². The Morgan fingerprint density at radius 3 is 2.65 bits per heavy atom. The molecular weight excluding hydrogens is 452 g/mol. The van der Waals surface area contributed by atoms with E-state index in [4.69, 9.17) is 10.3 Å². The van der Waals surface area contributed by atoms with Crippen LogP contribution in [-0.4, -0.2) is 42.3 Å². The van der Waals surface area contributed by atoms with Crippen LogP contribution in [-0.2, 0) is 6.42 Å². The standard InChI is InChI=1S/C33H48N4/c1-8-11-17-31(28(5)16-12-15-27(4)10-3)18-13-23-37(7)26-32(14-9-2)29(6)35-25-33-20-19-30(21-22-34)24-36-33/h9,11-12,15,17,19-20,24-25,29,32H,2,4,8,10,13-14,16,18,21,23,26H2,1,3,5-7H3/b15-12+,17-11-,31-28+,35-25?/t29?,32-/m0/s1. The molecule has 2 atom stereocenters. The number of hydrogen-bond donors (Lipinski definition) is 0. The molecule has 1 aromatic rings. The number of aliphatic imine (C=N–C) groups is 1. The first kappa shape index (κ1) is 32.0. The van der Waals surface area contributed by atoms with E-state index in [0.717, 1.165) is 62.9 Å². The fourth-order valence-corrected chi connectivity index (χ4v) is 4.04. The topological polar surface area (TPSA) is 52.3 Å². The van der Waals surface area contributed by atoms with Crippen molar-refractivity contribution in [2.24, 2.45) is 10.9 Å². The summed E-state index contributed by atoms with van der Waals surface area (Å²) < 4.78 is 0. The summed E-state index contributed by atoms with van der Waals surface area (Å²) in [5, 5.41) is 8.82. The van der Waals surface area contributed by atoms with Gasteiger partial charge >= 0.3 is 0 Å². The molecule has 0 aliphatic rings. The molecule has 0 aromatic carbocycles. The Balaban J connectivity index is 2.69. The molecule has 4 nitrogen and oxygen atoms in total. The smallest absolute Gasteiger partial charge is 0.0808 e. The second-order valence-corrected chi connectivity index (χ2v) is 9.83. The fourth-order valence-electron chi connectivity index (χ4n) is 4.04. The minimum Gasteiger partial charge on any atom is -0.306 e. The molecule has 1 aromatic heterocycles. The van der Waals surface area contributed by atoms with E-state index < -0.39 is 0 Å². The molecule has 4 heteroatoms. The van der Waals surface area contributed by atoms with E-state index in [1.54, 1.807) is 6.20 Å². The molecule has 0 N–H and O–H groups in total. The van der Waals surface area contributed by atoms with Crippen LogP contribution in [0.25, 0.3) is 0 Å². The monoisotopic (exact) mass is 500 g/mol. The summed E-state index contributed by atoms with van der Waals surface area (Å²) >= 11 is 0. The van der Waals surface area contributed by atoms with Crippen LogP contribution in [0.3, 0.4) is 0 Å². The van der Waals surface area contributed by atoms with Crippen LogP contribution in [0.5, 0.6) is 0 Å². The zero-order chi connectivity index (χ0) is 27.5. The first-order valence-corrected chi connectivity index (χ1v) is 13.7. The molecule has 0 radical (unpaired) electrons. The van der Waals surface area contributed by atoms with Gasteiger partial charge in [0.2, 0.25) is 0 Å². The van der Waals surface area contributed by atoms with Gasteiger partial charge in [-0.1, -0.05) is 68.0 Å². The van der Waals surface area contributed by atoms with Gasteiger partial charge < -0.3 is 4.90 Å². The summed E-state index contributed by atoms with van der Waals surface area (Å²) in [6.07, 6.45) is 21.1. The molecule has 0 fully saturated rings. The Labute approximate surface area is 226 Å². The highest BCUT2D eigenvalue weighted by atomic mass is 15.1. The second-order valence-electron chi connectivity index (χ2n) is 9.83. The van der Waals surface area contributed by atoms with Crippen molar-refractivity contribution in [1.82, 2.24) is 9.88 Å². The number of allylic oxidation sites excluding steroid dienone is 8. The molecule has 0 saturated carbocycles. The lowest BCUT2D eigenvalue weighted by molar-refractivity contribution is 0.256. The van der Waals surface area contributed by atoms with Crippen LogP contribution in [0.2, 0.25) is 0 Å². The van der Waals surface area contributed by atoms with Gasteiger partial charge in [0.15, 0.2) is 0 Å². The summed E-state index contributed by atoms with van der Waals surface area (Å²) in [7, 11) is 2.21. The predicted octanol–water partition coefficient (Wildman–Crippen LogP) is 8.05. The molecule has 0 saturated heterocycles. The lowest BCUT2D eigenvalue weighted by Gasteiger charge is -2.26. The van der Waals surface area contributed by atoms with Gasteiger partial charge in [0.25, 0.3) is 0 Å². The molecule has 37 heavy (non-hydrogen) atoms. The van der Waals surface area contributed by atoms with E-state index >= 15 is 0 Å². The molecule has 0 spiro atoms. The van der Waals surface area contributed by atoms with Crippen molar-refractivity contribution >= 4 is 6.21 Å². The minimum absolute atomic E-state index is 0.163. The third-order valence-electron chi connectivity index (χ3n) is 6.59. The van der Waals surface area contributed by atoms with E-state index in [0.29, 0.717) is 12.3 Å². The van der Waals surface area contributed by atoms with Gasteiger partial charge in [-0.3, -0.25) is 9.98 Å². The number of nitriles is 1. The van der Waals surface area contributed by atoms with E-state index in [2.05, 4.69) is 88.2 Å². The lowest BCUT2D eigenvalue weighted by Crippen LogP contribution is -2.31. The summed E-state index contributed by atoms with van der Waals surface area (Å²) in [6, 6.07) is 6.18. The summed E-state index contributed by atoms with van der Waals surface area (Å²) in [5.74, 6) is 0.394. The van der Waals surface area contributed by atoms with E-state index in [1.807, 2.05) is 24.4 Å². The fraction of sp³-hybridized carbons (Fsp3) is 0.485. The highest BCUT2D eigenvalue weighted by Crippen LogP contribution is 2.19. The summed E-state index contributed by atoms with van der Waals surface area (Å²) in [5.41, 5.74) is 5.82. The van der Waals surface area contributed by atoms with Crippen molar-refractivity contribution in [3.63, 3.8) is 0 Å². The SMILES string of the molecule is C=CC[C@@H](CN(C)CCCC(/C=C\CC)=C(\C)C/C=C/C(=C)CC)C(C)N=Cc1ccc(CC#N)cn1. The number of aromatic nitrogens is 1. The molecular formula is C33H48N4. The van der Waals surface area contributed by atoms with Crippen molar-refractivity contribution in [2.45, 2.75) is 78.7 Å². The van der Waals surface area contributed by atoms with Crippen LogP contribution in [0.15, 0.2) is 83.6 Å². The Bertz CT molecular complexity index is 973.